The Morgan fingerprint density at radius 3 is 2.20 bits per heavy atom. The summed E-state index contributed by atoms with van der Waals surface area (Å²) in [4.78, 5) is 15.2. The molecule has 0 unspecified atom stereocenters. The van der Waals surface area contributed by atoms with Gasteiger partial charge in [-0.2, -0.15) is 0 Å². The van der Waals surface area contributed by atoms with Crippen LogP contribution in [0, 0.1) is 0 Å². The Labute approximate surface area is 119 Å². The van der Waals surface area contributed by atoms with Crippen LogP contribution in [0.3, 0.4) is 0 Å². The minimum absolute atomic E-state index is 0.242. The minimum Gasteiger partial charge on any atom is -0.341 e. The van der Waals surface area contributed by atoms with E-state index in [1.807, 2.05) is 0 Å². The van der Waals surface area contributed by atoms with E-state index >= 15 is 0 Å². The molecule has 1 aromatic rings. The Morgan fingerprint density at radius 2 is 1.60 bits per heavy atom. The van der Waals surface area contributed by atoms with Gasteiger partial charge in [-0.15, -0.1) is 5.10 Å². The lowest BCUT2D eigenvalue weighted by Gasteiger charge is -2.39. The van der Waals surface area contributed by atoms with Crippen molar-refractivity contribution >= 4 is 5.91 Å². The van der Waals surface area contributed by atoms with E-state index in [0.29, 0.717) is 0 Å². The zero-order valence-electron chi connectivity index (χ0n) is 12.0. The molecule has 20 heavy (non-hydrogen) atoms. The summed E-state index contributed by atoms with van der Waals surface area (Å²) in [5, 5.41) is 11.6. The number of tetrazole rings is 1. The van der Waals surface area contributed by atoms with E-state index in [-0.39, 0.29) is 5.91 Å². The number of aromatic nitrogens is 4. The van der Waals surface area contributed by atoms with Crippen molar-refractivity contribution in [3.8, 4) is 0 Å². The summed E-state index contributed by atoms with van der Waals surface area (Å²) in [6.45, 7) is 1.78. The highest BCUT2D eigenvalue weighted by atomic mass is 16.2. The second kappa shape index (κ2) is 5.89. The third kappa shape index (κ3) is 2.43. The number of hydrogen-bond donors (Lipinski definition) is 0. The van der Waals surface area contributed by atoms with Crippen LogP contribution in [0.5, 0.6) is 0 Å². The molecule has 0 spiro atoms. The average molecular weight is 277 g/mol. The van der Waals surface area contributed by atoms with Crippen LogP contribution >= 0.6 is 0 Å². The normalized spacial score (nSPS) is 23.3. The van der Waals surface area contributed by atoms with Crippen LogP contribution in [0.1, 0.15) is 57.8 Å². The quantitative estimate of drug-likeness (QED) is 0.826. The lowest BCUT2D eigenvalue weighted by Crippen LogP contribution is -2.52. The fourth-order valence-electron chi connectivity index (χ4n) is 3.60. The number of carbonyl (C=O) groups is 1. The van der Waals surface area contributed by atoms with Gasteiger partial charge in [-0.1, -0.05) is 32.1 Å². The molecule has 2 aliphatic rings. The highest BCUT2D eigenvalue weighted by Crippen LogP contribution is 2.36. The third-order valence-corrected chi connectivity index (χ3v) is 4.76. The Hall–Kier alpha value is -1.46. The van der Waals surface area contributed by atoms with Gasteiger partial charge in [0.1, 0.15) is 11.9 Å². The van der Waals surface area contributed by atoms with Gasteiger partial charge in [-0.25, -0.2) is 4.68 Å². The highest BCUT2D eigenvalue weighted by Gasteiger charge is 2.44. The van der Waals surface area contributed by atoms with Gasteiger partial charge in [-0.05, 0) is 36.1 Å². The number of likely N-dealkylation sites (tertiary alicyclic amines) is 1. The Morgan fingerprint density at radius 1 is 0.950 bits per heavy atom. The third-order valence-electron chi connectivity index (χ3n) is 4.76. The fraction of sp³-hybridized carbons (Fsp3) is 0.857. The smallest absolute Gasteiger partial charge is 0.250 e. The molecule has 0 atom stereocenters. The van der Waals surface area contributed by atoms with Crippen LogP contribution in [0.2, 0.25) is 0 Å². The van der Waals surface area contributed by atoms with Crippen molar-refractivity contribution in [1.82, 2.24) is 25.1 Å². The van der Waals surface area contributed by atoms with Gasteiger partial charge in [0, 0.05) is 13.1 Å². The highest BCUT2D eigenvalue weighted by molar-refractivity contribution is 5.84. The number of carbonyl (C=O) groups excluding carboxylic acids is 1. The van der Waals surface area contributed by atoms with Crippen LogP contribution in [-0.4, -0.2) is 44.1 Å². The van der Waals surface area contributed by atoms with Crippen molar-refractivity contribution in [3.63, 3.8) is 0 Å². The molecule has 0 N–H and O–H groups in total. The molecule has 6 nitrogen and oxygen atoms in total. The molecule has 1 saturated heterocycles. The molecular formula is C14H23N5O. The number of rotatable bonds is 2. The molecule has 2 heterocycles. The molecule has 3 rings (SSSR count). The van der Waals surface area contributed by atoms with Crippen molar-refractivity contribution in [2.45, 2.75) is 63.3 Å². The first-order chi connectivity index (χ1) is 9.83. The molecule has 110 valence electrons. The standard InChI is InChI=1S/C14H23N5O/c20-13(18-10-6-1-2-7-11-18)14(8-4-3-5-9-14)19-12-15-16-17-19/h12H,1-11H2. The predicted molar refractivity (Wildman–Crippen MR) is 73.9 cm³/mol. The molecule has 1 aliphatic carbocycles. The molecule has 6 heteroatoms. The van der Waals surface area contributed by atoms with Gasteiger partial charge in [0.15, 0.2) is 0 Å². The Bertz CT molecular complexity index is 430. The van der Waals surface area contributed by atoms with Crippen molar-refractivity contribution in [1.29, 1.82) is 0 Å². The second-order valence-corrected chi connectivity index (χ2v) is 6.05. The fourth-order valence-corrected chi connectivity index (χ4v) is 3.60. The summed E-state index contributed by atoms with van der Waals surface area (Å²) < 4.78 is 1.72. The maximum Gasteiger partial charge on any atom is 0.250 e. The van der Waals surface area contributed by atoms with Crippen molar-refractivity contribution in [2.75, 3.05) is 13.1 Å². The van der Waals surface area contributed by atoms with Crippen LogP contribution in [-0.2, 0) is 10.3 Å². The zero-order valence-corrected chi connectivity index (χ0v) is 12.0. The van der Waals surface area contributed by atoms with E-state index in [0.717, 1.165) is 51.6 Å². The first-order valence-corrected chi connectivity index (χ1v) is 7.86. The zero-order chi connectivity index (χ0) is 13.8. The van der Waals surface area contributed by atoms with E-state index in [4.69, 9.17) is 0 Å². The lowest BCUT2D eigenvalue weighted by molar-refractivity contribution is -0.143. The number of nitrogens with zero attached hydrogens (tertiary/aromatic N) is 5. The summed E-state index contributed by atoms with van der Waals surface area (Å²) >= 11 is 0. The monoisotopic (exact) mass is 277 g/mol. The van der Waals surface area contributed by atoms with Gasteiger partial charge in [-0.3, -0.25) is 4.79 Å². The first kappa shape index (κ1) is 13.5. The van der Waals surface area contributed by atoms with Crippen molar-refractivity contribution in [3.05, 3.63) is 6.33 Å². The second-order valence-electron chi connectivity index (χ2n) is 6.05. The van der Waals surface area contributed by atoms with E-state index < -0.39 is 5.54 Å². The van der Waals surface area contributed by atoms with Crippen LogP contribution in [0.4, 0.5) is 0 Å². The molecule has 1 saturated carbocycles. The summed E-state index contributed by atoms with van der Waals surface area (Å²) in [5.41, 5.74) is -0.522. The lowest BCUT2D eigenvalue weighted by atomic mass is 9.80. The van der Waals surface area contributed by atoms with Crippen LogP contribution in [0.15, 0.2) is 6.33 Å². The largest absolute Gasteiger partial charge is 0.341 e. The molecule has 0 radical (unpaired) electrons. The average Bonchev–Trinajstić information content (AvgIpc) is 2.91. The van der Waals surface area contributed by atoms with Crippen molar-refractivity contribution < 1.29 is 4.79 Å². The molecule has 0 aromatic carbocycles. The van der Waals surface area contributed by atoms with Gasteiger partial charge >= 0.3 is 0 Å². The molecule has 1 aliphatic heterocycles. The van der Waals surface area contributed by atoms with Gasteiger partial charge in [0.05, 0.1) is 0 Å². The SMILES string of the molecule is O=C(N1CCCCCC1)C1(n2cnnn2)CCCCC1. The maximum absolute atomic E-state index is 13.1. The summed E-state index contributed by atoms with van der Waals surface area (Å²) in [5.74, 6) is 0.242. The van der Waals surface area contributed by atoms with E-state index in [9.17, 15) is 4.79 Å². The molecule has 0 bridgehead atoms. The molecular weight excluding hydrogens is 254 g/mol. The van der Waals surface area contributed by atoms with E-state index in [1.165, 1.54) is 19.3 Å². The maximum atomic E-state index is 13.1. The van der Waals surface area contributed by atoms with E-state index in [2.05, 4.69) is 20.4 Å². The van der Waals surface area contributed by atoms with E-state index in [1.54, 1.807) is 11.0 Å². The van der Waals surface area contributed by atoms with Gasteiger partial charge < -0.3 is 4.90 Å². The first-order valence-electron chi connectivity index (χ1n) is 7.86. The summed E-state index contributed by atoms with van der Waals surface area (Å²) in [6.07, 6.45) is 11.4. The molecule has 1 aromatic heterocycles. The Balaban J connectivity index is 1.86. The van der Waals surface area contributed by atoms with Crippen LogP contribution < -0.4 is 0 Å². The number of amides is 1. The summed E-state index contributed by atoms with van der Waals surface area (Å²) in [7, 11) is 0. The number of hydrogen-bond acceptors (Lipinski definition) is 4. The molecule has 2 fully saturated rings. The van der Waals surface area contributed by atoms with Gasteiger partial charge in [0.25, 0.3) is 5.91 Å². The Kier molecular flexibility index (Phi) is 3.98. The van der Waals surface area contributed by atoms with Crippen LogP contribution in [0.25, 0.3) is 0 Å². The summed E-state index contributed by atoms with van der Waals surface area (Å²) in [6, 6.07) is 0. The molecule has 1 amide bonds. The topological polar surface area (TPSA) is 63.9 Å². The minimum atomic E-state index is -0.522. The van der Waals surface area contributed by atoms with Crippen molar-refractivity contribution in [2.24, 2.45) is 0 Å². The van der Waals surface area contributed by atoms with Gasteiger partial charge in [0.2, 0.25) is 0 Å². The predicted octanol–water partition coefficient (Wildman–Crippen LogP) is 1.74.